The molecule has 0 atom stereocenters. The SMILES string of the molecule is Cc1cc(C)n(S(=O)(=O)c2ccc3c(c2)C(=O)c2ccccc2C3=O)n1. The predicted molar refractivity (Wildman–Crippen MR) is 94.0 cm³/mol. The number of carbonyl (C=O) groups is 2. The van der Waals surface area contributed by atoms with Gasteiger partial charge in [0.05, 0.1) is 16.3 Å². The van der Waals surface area contributed by atoms with Crippen LogP contribution >= 0.6 is 0 Å². The predicted octanol–water partition coefficient (Wildman–Crippen LogP) is 2.51. The molecule has 0 fully saturated rings. The standard InChI is InChI=1S/C19H14N2O4S/c1-11-9-12(2)21(20-11)26(24,25)13-7-8-16-17(10-13)19(23)15-6-4-3-5-14(15)18(16)22/h3-10H,1-2H3. The largest absolute Gasteiger partial charge is 0.289 e. The van der Waals surface area contributed by atoms with E-state index in [9.17, 15) is 18.0 Å². The number of fused-ring (bicyclic) bond motifs is 2. The van der Waals surface area contributed by atoms with E-state index in [-0.39, 0.29) is 33.2 Å². The van der Waals surface area contributed by atoms with E-state index in [4.69, 9.17) is 0 Å². The first-order valence-corrected chi connectivity index (χ1v) is 9.36. The quantitative estimate of drug-likeness (QED) is 0.544. The summed E-state index contributed by atoms with van der Waals surface area (Å²) in [6, 6.07) is 12.2. The maximum Gasteiger partial charge on any atom is 0.283 e. The fourth-order valence-electron chi connectivity index (χ4n) is 3.19. The maximum atomic E-state index is 12.9. The molecule has 1 aliphatic rings. The summed E-state index contributed by atoms with van der Waals surface area (Å²) in [4.78, 5) is 25.3. The molecule has 0 bridgehead atoms. The Labute approximate surface area is 150 Å². The number of benzene rings is 2. The van der Waals surface area contributed by atoms with Gasteiger partial charge in [-0.25, -0.2) is 0 Å². The maximum absolute atomic E-state index is 12.9. The topological polar surface area (TPSA) is 86.1 Å². The van der Waals surface area contributed by atoms with Crippen LogP contribution in [0.4, 0.5) is 0 Å². The van der Waals surface area contributed by atoms with E-state index in [1.807, 2.05) is 0 Å². The molecule has 0 saturated heterocycles. The van der Waals surface area contributed by atoms with Crippen LogP contribution in [0.1, 0.15) is 43.2 Å². The third kappa shape index (κ3) is 2.24. The number of hydrogen-bond donors (Lipinski definition) is 0. The Kier molecular flexibility index (Phi) is 3.45. The van der Waals surface area contributed by atoms with Crippen molar-refractivity contribution in [2.45, 2.75) is 18.7 Å². The van der Waals surface area contributed by atoms with Crippen LogP contribution in [0.25, 0.3) is 0 Å². The zero-order chi connectivity index (χ0) is 18.6. The summed E-state index contributed by atoms with van der Waals surface area (Å²) in [5.41, 5.74) is 1.96. The first-order valence-electron chi connectivity index (χ1n) is 7.92. The Morgan fingerprint density at radius 3 is 1.96 bits per heavy atom. The van der Waals surface area contributed by atoms with Crippen LogP contribution in [-0.4, -0.2) is 29.2 Å². The number of hydrogen-bond acceptors (Lipinski definition) is 5. The second-order valence-corrected chi connectivity index (χ2v) is 7.95. The molecule has 6 nitrogen and oxygen atoms in total. The summed E-state index contributed by atoms with van der Waals surface area (Å²) < 4.78 is 26.7. The highest BCUT2D eigenvalue weighted by atomic mass is 32.2. The normalized spacial score (nSPS) is 13.5. The molecule has 0 radical (unpaired) electrons. The molecule has 1 heterocycles. The number of carbonyl (C=O) groups excluding carboxylic acids is 2. The van der Waals surface area contributed by atoms with Gasteiger partial charge in [0, 0.05) is 22.3 Å². The lowest BCUT2D eigenvalue weighted by Gasteiger charge is -2.18. The second kappa shape index (κ2) is 5.47. The highest BCUT2D eigenvalue weighted by Gasteiger charge is 2.31. The van der Waals surface area contributed by atoms with Crippen LogP contribution < -0.4 is 0 Å². The first-order chi connectivity index (χ1) is 12.3. The third-order valence-corrected chi connectivity index (χ3v) is 6.06. The number of rotatable bonds is 2. The summed E-state index contributed by atoms with van der Waals surface area (Å²) >= 11 is 0. The van der Waals surface area contributed by atoms with Crippen LogP contribution in [0.15, 0.2) is 53.4 Å². The number of aryl methyl sites for hydroxylation is 2. The van der Waals surface area contributed by atoms with E-state index in [1.165, 1.54) is 18.2 Å². The highest BCUT2D eigenvalue weighted by molar-refractivity contribution is 7.89. The molecular weight excluding hydrogens is 352 g/mol. The lowest BCUT2D eigenvalue weighted by molar-refractivity contribution is 0.0979. The van der Waals surface area contributed by atoms with E-state index in [0.717, 1.165) is 4.09 Å². The second-order valence-electron chi connectivity index (χ2n) is 6.19. The van der Waals surface area contributed by atoms with Crippen molar-refractivity contribution in [2.75, 3.05) is 0 Å². The Balaban J connectivity index is 1.90. The summed E-state index contributed by atoms with van der Waals surface area (Å²) in [5, 5.41) is 4.02. The van der Waals surface area contributed by atoms with Gasteiger partial charge in [0.2, 0.25) is 0 Å². The molecule has 7 heteroatoms. The number of aromatic nitrogens is 2. The van der Waals surface area contributed by atoms with Crippen molar-refractivity contribution in [1.82, 2.24) is 9.19 Å². The Hall–Kier alpha value is -3.06. The van der Waals surface area contributed by atoms with Crippen molar-refractivity contribution in [2.24, 2.45) is 0 Å². The van der Waals surface area contributed by atoms with E-state index in [0.29, 0.717) is 17.0 Å². The van der Waals surface area contributed by atoms with Gasteiger partial charge in [-0.3, -0.25) is 9.59 Å². The van der Waals surface area contributed by atoms with Crippen LogP contribution in [0, 0.1) is 13.8 Å². The van der Waals surface area contributed by atoms with Gasteiger partial charge in [0.25, 0.3) is 10.0 Å². The fraction of sp³-hybridized carbons (Fsp3) is 0.105. The Morgan fingerprint density at radius 2 is 1.38 bits per heavy atom. The molecule has 3 aromatic rings. The zero-order valence-electron chi connectivity index (χ0n) is 14.1. The van der Waals surface area contributed by atoms with Crippen molar-refractivity contribution < 1.29 is 18.0 Å². The van der Waals surface area contributed by atoms with Gasteiger partial charge in [-0.15, -0.1) is 0 Å². The minimum Gasteiger partial charge on any atom is -0.289 e. The van der Waals surface area contributed by atoms with Crippen LogP contribution in [0.3, 0.4) is 0 Å². The Morgan fingerprint density at radius 1 is 0.808 bits per heavy atom. The van der Waals surface area contributed by atoms with Crippen LogP contribution in [0.5, 0.6) is 0 Å². The van der Waals surface area contributed by atoms with Crippen molar-refractivity contribution in [3.63, 3.8) is 0 Å². The number of ketones is 2. The average Bonchev–Trinajstić information content (AvgIpc) is 2.98. The van der Waals surface area contributed by atoms with Gasteiger partial charge in [-0.1, -0.05) is 24.3 Å². The van der Waals surface area contributed by atoms with Gasteiger partial charge in [0.1, 0.15) is 0 Å². The van der Waals surface area contributed by atoms with Crippen molar-refractivity contribution in [1.29, 1.82) is 0 Å². The summed E-state index contributed by atoms with van der Waals surface area (Å²) in [5.74, 6) is -0.647. The molecule has 1 aromatic heterocycles. The fourth-order valence-corrected chi connectivity index (χ4v) is 4.57. The third-order valence-electron chi connectivity index (χ3n) is 4.39. The summed E-state index contributed by atoms with van der Waals surface area (Å²) in [7, 11) is -3.96. The molecule has 0 saturated carbocycles. The summed E-state index contributed by atoms with van der Waals surface area (Å²) in [6.07, 6.45) is 0. The van der Waals surface area contributed by atoms with E-state index < -0.39 is 10.0 Å². The van der Waals surface area contributed by atoms with Crippen molar-refractivity contribution in [3.8, 4) is 0 Å². The van der Waals surface area contributed by atoms with Gasteiger partial charge < -0.3 is 0 Å². The van der Waals surface area contributed by atoms with Crippen molar-refractivity contribution in [3.05, 3.63) is 82.2 Å². The monoisotopic (exact) mass is 366 g/mol. The van der Waals surface area contributed by atoms with Gasteiger partial charge in [-0.2, -0.15) is 17.6 Å². The van der Waals surface area contributed by atoms with Crippen LogP contribution in [-0.2, 0) is 10.0 Å². The van der Waals surface area contributed by atoms with Gasteiger partial charge in [0.15, 0.2) is 11.6 Å². The molecule has 2 aromatic carbocycles. The molecule has 130 valence electrons. The molecular formula is C19H14N2O4S. The van der Waals surface area contributed by atoms with Gasteiger partial charge in [-0.05, 0) is 38.1 Å². The zero-order valence-corrected chi connectivity index (χ0v) is 14.9. The highest BCUT2D eigenvalue weighted by Crippen LogP contribution is 2.29. The molecule has 0 spiro atoms. The molecule has 0 N–H and O–H groups in total. The molecule has 26 heavy (non-hydrogen) atoms. The summed E-state index contributed by atoms with van der Waals surface area (Å²) in [6.45, 7) is 3.34. The molecule has 0 amide bonds. The van der Waals surface area contributed by atoms with Gasteiger partial charge >= 0.3 is 0 Å². The minimum atomic E-state index is -3.96. The molecule has 0 unspecified atom stereocenters. The first kappa shape index (κ1) is 16.4. The van der Waals surface area contributed by atoms with E-state index in [1.54, 1.807) is 44.2 Å². The lowest BCUT2D eigenvalue weighted by atomic mass is 9.84. The van der Waals surface area contributed by atoms with Crippen LogP contribution in [0.2, 0.25) is 0 Å². The average molecular weight is 366 g/mol. The lowest BCUT2D eigenvalue weighted by Crippen LogP contribution is -2.22. The molecule has 0 aliphatic heterocycles. The Bertz CT molecular complexity index is 1210. The molecule has 4 rings (SSSR count). The van der Waals surface area contributed by atoms with E-state index >= 15 is 0 Å². The smallest absolute Gasteiger partial charge is 0.283 e. The molecule has 1 aliphatic carbocycles. The number of nitrogens with zero attached hydrogens (tertiary/aromatic N) is 2. The minimum absolute atomic E-state index is 0.0806. The van der Waals surface area contributed by atoms with E-state index in [2.05, 4.69) is 5.10 Å². The van der Waals surface area contributed by atoms with Crippen molar-refractivity contribution >= 4 is 21.6 Å².